The monoisotopic (exact) mass is 262 g/mol. The molecule has 0 aliphatic heterocycles. The predicted octanol–water partition coefficient (Wildman–Crippen LogP) is 3.40. The summed E-state index contributed by atoms with van der Waals surface area (Å²) in [7, 11) is 0. The number of hydrogen-bond donors (Lipinski definition) is 0. The topological polar surface area (TPSA) is 16.1 Å². The molecule has 0 aliphatic carbocycles. The van der Waals surface area contributed by atoms with Crippen molar-refractivity contribution in [3.05, 3.63) is 60.3 Å². The number of rotatable bonds is 3. The van der Waals surface area contributed by atoms with Crippen LogP contribution in [0.4, 0.5) is 5.82 Å². The van der Waals surface area contributed by atoms with Crippen LogP contribution in [-0.2, 0) is 6.54 Å². The Morgan fingerprint density at radius 2 is 1.73 bits per heavy atom. The Balaban J connectivity index is 2.08. The van der Waals surface area contributed by atoms with Crippen LogP contribution in [0.2, 0.25) is 0 Å². The van der Waals surface area contributed by atoms with E-state index in [0.29, 0.717) is 0 Å². The number of pyridine rings is 1. The van der Waals surface area contributed by atoms with Crippen molar-refractivity contribution in [2.45, 2.75) is 6.54 Å². The lowest BCUT2D eigenvalue weighted by Crippen LogP contribution is -2.09. The van der Waals surface area contributed by atoms with Gasteiger partial charge in [-0.25, -0.2) is 4.98 Å². The van der Waals surface area contributed by atoms with Crippen LogP contribution in [0.25, 0.3) is 0 Å². The summed E-state index contributed by atoms with van der Waals surface area (Å²) in [5.74, 6) is 0.918. The summed E-state index contributed by atoms with van der Waals surface area (Å²) in [5, 5.41) is 0. The quantitative estimate of drug-likeness (QED) is 0.789. The first-order valence-electron chi connectivity index (χ1n) is 4.74. The summed E-state index contributed by atoms with van der Waals surface area (Å²) in [4.78, 5) is 4.25. The van der Waals surface area contributed by atoms with Crippen LogP contribution >= 0.6 is 16.1 Å². The highest BCUT2D eigenvalue weighted by molar-refractivity contribution is 9.10. The second kappa shape index (κ2) is 4.94. The van der Waals surface area contributed by atoms with E-state index in [2.05, 4.69) is 33.3 Å². The van der Waals surface area contributed by atoms with Crippen LogP contribution in [-0.4, -0.2) is 4.98 Å². The minimum absolute atomic E-state index is 0.803. The summed E-state index contributed by atoms with van der Waals surface area (Å²) < 4.78 is 1.95. The molecule has 0 amide bonds. The van der Waals surface area contributed by atoms with Crippen molar-refractivity contribution >= 4 is 22.0 Å². The first-order chi connectivity index (χ1) is 7.36. The second-order valence-electron chi connectivity index (χ2n) is 3.19. The first-order valence-corrected chi connectivity index (χ1v) is 5.45. The van der Waals surface area contributed by atoms with Gasteiger partial charge in [0.15, 0.2) is 0 Å². The average Bonchev–Trinajstić information content (AvgIpc) is 2.31. The zero-order valence-electron chi connectivity index (χ0n) is 8.18. The molecule has 0 saturated heterocycles. The van der Waals surface area contributed by atoms with Crippen LogP contribution in [0.3, 0.4) is 0 Å². The van der Waals surface area contributed by atoms with Crippen LogP contribution in [0.15, 0.2) is 54.7 Å². The highest BCUT2D eigenvalue weighted by Gasteiger charge is 2.03. The third-order valence-electron chi connectivity index (χ3n) is 2.06. The second-order valence-corrected chi connectivity index (χ2v) is 4.05. The first kappa shape index (κ1) is 10.2. The smallest absolute Gasteiger partial charge is 0.138 e. The highest BCUT2D eigenvalue weighted by Crippen LogP contribution is 2.17. The summed E-state index contributed by atoms with van der Waals surface area (Å²) in [6.07, 6.45) is 1.79. The fourth-order valence-corrected chi connectivity index (χ4v) is 1.82. The zero-order chi connectivity index (χ0) is 10.5. The molecule has 1 aromatic heterocycles. The number of hydrogen-bond acceptors (Lipinski definition) is 2. The van der Waals surface area contributed by atoms with E-state index in [-0.39, 0.29) is 0 Å². The predicted molar refractivity (Wildman–Crippen MR) is 65.8 cm³/mol. The molecule has 2 nitrogen and oxygen atoms in total. The maximum Gasteiger partial charge on any atom is 0.138 e. The number of aromatic nitrogens is 1. The molecule has 1 heterocycles. The minimum Gasteiger partial charge on any atom is -0.289 e. The van der Waals surface area contributed by atoms with Gasteiger partial charge in [0.25, 0.3) is 0 Å². The summed E-state index contributed by atoms with van der Waals surface area (Å²) in [5.41, 5.74) is 1.25. The molecule has 2 rings (SSSR count). The van der Waals surface area contributed by atoms with Gasteiger partial charge in [0.05, 0.1) is 22.7 Å². The van der Waals surface area contributed by atoms with E-state index in [9.17, 15) is 0 Å². The van der Waals surface area contributed by atoms with Gasteiger partial charge in [-0.2, -0.15) is 0 Å². The maximum atomic E-state index is 4.25. The van der Waals surface area contributed by atoms with E-state index in [1.54, 1.807) is 6.20 Å². The van der Waals surface area contributed by atoms with E-state index in [1.807, 2.05) is 40.3 Å². The van der Waals surface area contributed by atoms with Gasteiger partial charge >= 0.3 is 0 Å². The Morgan fingerprint density at radius 1 is 1.00 bits per heavy atom. The molecule has 15 heavy (non-hydrogen) atoms. The Bertz CT molecular complexity index is 402. The number of benzene rings is 1. The zero-order valence-corrected chi connectivity index (χ0v) is 9.76. The summed E-state index contributed by atoms with van der Waals surface area (Å²) in [6.45, 7) is 0.803. The number of anilines is 1. The largest absolute Gasteiger partial charge is 0.289 e. The van der Waals surface area contributed by atoms with Gasteiger partial charge in [0.2, 0.25) is 0 Å². The third-order valence-corrected chi connectivity index (χ3v) is 2.68. The molecule has 76 valence electrons. The fraction of sp³-hybridized carbons (Fsp3) is 0.0833. The lowest BCUT2D eigenvalue weighted by molar-refractivity contribution is 1.04. The highest BCUT2D eigenvalue weighted by atomic mass is 79.9. The van der Waals surface area contributed by atoms with Crippen molar-refractivity contribution in [2.75, 3.05) is 3.93 Å². The van der Waals surface area contributed by atoms with Crippen molar-refractivity contribution in [3.63, 3.8) is 0 Å². The van der Waals surface area contributed by atoms with Gasteiger partial charge in [-0.3, -0.25) is 3.93 Å². The molecule has 0 atom stereocenters. The SMILES string of the molecule is BrN(Cc1ccccc1)c1ccccn1. The number of halogens is 1. The average molecular weight is 263 g/mol. The van der Waals surface area contributed by atoms with E-state index in [0.717, 1.165) is 12.4 Å². The minimum atomic E-state index is 0.803. The Labute approximate surface area is 97.9 Å². The van der Waals surface area contributed by atoms with Crippen molar-refractivity contribution < 1.29 is 0 Å². The van der Waals surface area contributed by atoms with Gasteiger partial charge in [-0.15, -0.1) is 0 Å². The molecule has 0 N–H and O–H groups in total. The van der Waals surface area contributed by atoms with Crippen LogP contribution in [0, 0.1) is 0 Å². The third kappa shape index (κ3) is 2.80. The van der Waals surface area contributed by atoms with Crippen LogP contribution in [0.1, 0.15) is 5.56 Å². The van der Waals surface area contributed by atoms with Crippen molar-refractivity contribution in [1.29, 1.82) is 0 Å². The van der Waals surface area contributed by atoms with E-state index in [4.69, 9.17) is 0 Å². The van der Waals surface area contributed by atoms with Gasteiger partial charge in [0, 0.05) is 6.20 Å². The van der Waals surface area contributed by atoms with Crippen LogP contribution < -0.4 is 3.93 Å². The van der Waals surface area contributed by atoms with Gasteiger partial charge < -0.3 is 0 Å². The molecule has 0 aliphatic rings. The molecule has 0 saturated carbocycles. The molecule has 0 bridgehead atoms. The fourth-order valence-electron chi connectivity index (χ4n) is 1.32. The van der Waals surface area contributed by atoms with E-state index >= 15 is 0 Å². The lowest BCUT2D eigenvalue weighted by atomic mass is 10.2. The van der Waals surface area contributed by atoms with Gasteiger partial charge in [-0.05, 0) is 17.7 Å². The molecular weight excluding hydrogens is 252 g/mol. The molecule has 1 aromatic carbocycles. The van der Waals surface area contributed by atoms with Crippen molar-refractivity contribution in [1.82, 2.24) is 4.98 Å². The Morgan fingerprint density at radius 3 is 2.40 bits per heavy atom. The van der Waals surface area contributed by atoms with E-state index in [1.165, 1.54) is 5.56 Å². The molecule has 0 spiro atoms. The summed E-state index contributed by atoms with van der Waals surface area (Å²) >= 11 is 3.49. The Kier molecular flexibility index (Phi) is 3.35. The molecular formula is C12H11BrN2. The van der Waals surface area contributed by atoms with Crippen molar-refractivity contribution in [3.8, 4) is 0 Å². The lowest BCUT2D eigenvalue weighted by Gasteiger charge is -2.14. The molecule has 0 fully saturated rings. The van der Waals surface area contributed by atoms with Gasteiger partial charge in [0.1, 0.15) is 5.82 Å². The molecule has 0 unspecified atom stereocenters. The molecule has 2 aromatic rings. The van der Waals surface area contributed by atoms with Crippen LogP contribution in [0.5, 0.6) is 0 Å². The molecule has 3 heteroatoms. The van der Waals surface area contributed by atoms with Crippen molar-refractivity contribution in [2.24, 2.45) is 0 Å². The number of nitrogens with zero attached hydrogens (tertiary/aromatic N) is 2. The summed E-state index contributed by atoms with van der Waals surface area (Å²) in [6, 6.07) is 16.1. The Hall–Kier alpha value is -1.35. The normalized spacial score (nSPS) is 9.93. The standard InChI is InChI=1S/C12H11BrN2/c13-15(12-8-4-5-9-14-12)10-11-6-2-1-3-7-11/h1-9H,10H2. The van der Waals surface area contributed by atoms with Gasteiger partial charge in [-0.1, -0.05) is 36.4 Å². The molecule has 0 radical (unpaired) electrons. The van der Waals surface area contributed by atoms with E-state index < -0.39 is 0 Å². The maximum absolute atomic E-state index is 4.25.